The fraction of sp³-hybridized carbons (Fsp3) is 0.400. The van der Waals surface area contributed by atoms with E-state index in [9.17, 15) is 18.0 Å². The van der Waals surface area contributed by atoms with Gasteiger partial charge in [0.25, 0.3) is 0 Å². The Balaban J connectivity index is 1.59. The molecular formula is C20H22BrF3N4O. The van der Waals surface area contributed by atoms with Gasteiger partial charge in [-0.1, -0.05) is 22.0 Å². The molecule has 0 unspecified atom stereocenters. The molecule has 1 amide bonds. The number of aromatic nitrogens is 1. The number of hydrogen-bond acceptors (Lipinski definition) is 4. The predicted octanol–water partition coefficient (Wildman–Crippen LogP) is 4.40. The number of halogens is 4. The standard InChI is InChI=1S/C20H22BrF3N4O/c1-14(19(29)26-17-5-2-4-16(21)12-17)27-8-3-9-28(11-10-27)18-7-6-15(13-25-18)20(22,23)24/h2,4-7,12-14H,3,8-11H2,1H3,(H,26,29)/t14-/m0/s1. The summed E-state index contributed by atoms with van der Waals surface area (Å²) in [4.78, 5) is 20.6. The molecule has 2 heterocycles. The van der Waals surface area contributed by atoms with Crippen LogP contribution < -0.4 is 10.2 Å². The molecule has 0 bridgehead atoms. The largest absolute Gasteiger partial charge is 0.417 e. The van der Waals surface area contributed by atoms with Crippen molar-refractivity contribution in [2.75, 3.05) is 36.4 Å². The summed E-state index contributed by atoms with van der Waals surface area (Å²) in [5, 5.41) is 2.92. The van der Waals surface area contributed by atoms with Crippen LogP contribution in [-0.4, -0.2) is 48.0 Å². The van der Waals surface area contributed by atoms with E-state index in [2.05, 4.69) is 31.1 Å². The van der Waals surface area contributed by atoms with Crippen molar-refractivity contribution in [2.24, 2.45) is 0 Å². The van der Waals surface area contributed by atoms with Crippen LogP contribution in [0.25, 0.3) is 0 Å². The average molecular weight is 471 g/mol. The fourth-order valence-electron chi connectivity index (χ4n) is 3.27. The number of amides is 1. The zero-order chi connectivity index (χ0) is 21.0. The summed E-state index contributed by atoms with van der Waals surface area (Å²) < 4.78 is 39.0. The quantitative estimate of drug-likeness (QED) is 0.719. The average Bonchev–Trinajstić information content (AvgIpc) is 2.93. The van der Waals surface area contributed by atoms with E-state index in [1.807, 2.05) is 36.1 Å². The number of anilines is 2. The number of rotatable bonds is 4. The maximum absolute atomic E-state index is 12.7. The fourth-order valence-corrected chi connectivity index (χ4v) is 3.67. The van der Waals surface area contributed by atoms with Crippen LogP contribution in [0.4, 0.5) is 24.7 Å². The SMILES string of the molecule is C[C@@H](C(=O)Nc1cccc(Br)c1)N1CCCN(c2ccc(C(F)(F)F)cn2)CC1. The molecule has 0 radical (unpaired) electrons. The Kier molecular flexibility index (Phi) is 6.79. The van der Waals surface area contributed by atoms with Gasteiger partial charge in [0.1, 0.15) is 5.82 Å². The van der Waals surface area contributed by atoms with Gasteiger partial charge in [-0.05, 0) is 43.7 Å². The van der Waals surface area contributed by atoms with Gasteiger partial charge in [0.15, 0.2) is 0 Å². The van der Waals surface area contributed by atoms with Gasteiger partial charge in [0.05, 0.1) is 11.6 Å². The van der Waals surface area contributed by atoms with Gasteiger partial charge in [0, 0.05) is 42.5 Å². The highest BCUT2D eigenvalue weighted by Gasteiger charge is 2.31. The molecule has 1 aliphatic rings. The van der Waals surface area contributed by atoms with Gasteiger partial charge in [-0.2, -0.15) is 13.2 Å². The van der Waals surface area contributed by atoms with Gasteiger partial charge < -0.3 is 10.2 Å². The Labute approximate surface area is 176 Å². The first kappa shape index (κ1) is 21.6. The first-order chi connectivity index (χ1) is 13.7. The minimum atomic E-state index is -4.39. The van der Waals surface area contributed by atoms with E-state index < -0.39 is 11.7 Å². The van der Waals surface area contributed by atoms with Crippen LogP contribution in [0.3, 0.4) is 0 Å². The topological polar surface area (TPSA) is 48.5 Å². The lowest BCUT2D eigenvalue weighted by atomic mass is 10.2. The van der Waals surface area contributed by atoms with Crippen LogP contribution in [0.5, 0.6) is 0 Å². The molecule has 29 heavy (non-hydrogen) atoms. The number of nitrogens with one attached hydrogen (secondary N) is 1. The second-order valence-corrected chi connectivity index (χ2v) is 7.87. The third-order valence-corrected chi connectivity index (χ3v) is 5.44. The predicted molar refractivity (Wildman–Crippen MR) is 110 cm³/mol. The van der Waals surface area contributed by atoms with E-state index in [1.165, 1.54) is 6.07 Å². The first-order valence-electron chi connectivity index (χ1n) is 9.33. The van der Waals surface area contributed by atoms with Crippen LogP contribution in [0.15, 0.2) is 47.1 Å². The molecule has 1 fully saturated rings. The van der Waals surface area contributed by atoms with Crippen molar-refractivity contribution >= 4 is 33.3 Å². The number of hydrogen-bond donors (Lipinski definition) is 1. The Morgan fingerprint density at radius 2 is 1.97 bits per heavy atom. The van der Waals surface area contributed by atoms with Gasteiger partial charge in [-0.15, -0.1) is 0 Å². The lowest BCUT2D eigenvalue weighted by Crippen LogP contribution is -2.44. The minimum Gasteiger partial charge on any atom is -0.355 e. The van der Waals surface area contributed by atoms with Gasteiger partial charge >= 0.3 is 6.18 Å². The summed E-state index contributed by atoms with van der Waals surface area (Å²) in [6.07, 6.45) is -2.73. The molecule has 0 spiro atoms. The molecular weight excluding hydrogens is 449 g/mol. The smallest absolute Gasteiger partial charge is 0.355 e. The Morgan fingerprint density at radius 1 is 1.17 bits per heavy atom. The van der Waals surface area contributed by atoms with E-state index in [1.54, 1.807) is 0 Å². The van der Waals surface area contributed by atoms with Gasteiger partial charge in [0.2, 0.25) is 5.91 Å². The van der Waals surface area contributed by atoms with Crippen LogP contribution >= 0.6 is 15.9 Å². The van der Waals surface area contributed by atoms with Gasteiger partial charge in [-0.3, -0.25) is 9.69 Å². The van der Waals surface area contributed by atoms with Crippen molar-refractivity contribution in [3.63, 3.8) is 0 Å². The third-order valence-electron chi connectivity index (χ3n) is 4.95. The van der Waals surface area contributed by atoms with Crippen molar-refractivity contribution in [3.8, 4) is 0 Å². The maximum Gasteiger partial charge on any atom is 0.417 e. The van der Waals surface area contributed by atoms with E-state index in [0.717, 1.165) is 35.4 Å². The zero-order valence-corrected chi connectivity index (χ0v) is 17.5. The number of carbonyl (C=O) groups is 1. The summed E-state index contributed by atoms with van der Waals surface area (Å²) in [6, 6.07) is 9.54. The number of pyridine rings is 1. The number of alkyl halides is 3. The first-order valence-corrected chi connectivity index (χ1v) is 10.1. The summed E-state index contributed by atoms with van der Waals surface area (Å²) in [5.41, 5.74) is -0.0304. The van der Waals surface area contributed by atoms with Crippen molar-refractivity contribution in [3.05, 3.63) is 52.6 Å². The highest BCUT2D eigenvalue weighted by molar-refractivity contribution is 9.10. The summed E-state index contributed by atoms with van der Waals surface area (Å²) >= 11 is 3.38. The molecule has 1 saturated heterocycles. The summed E-state index contributed by atoms with van der Waals surface area (Å²) in [5.74, 6) is 0.426. The molecule has 1 aliphatic heterocycles. The lowest BCUT2D eigenvalue weighted by molar-refractivity contribution is -0.137. The second-order valence-electron chi connectivity index (χ2n) is 6.95. The minimum absolute atomic E-state index is 0.0933. The maximum atomic E-state index is 12.7. The highest BCUT2D eigenvalue weighted by Crippen LogP contribution is 2.29. The molecule has 3 rings (SSSR count). The molecule has 2 aromatic rings. The van der Waals surface area contributed by atoms with E-state index in [4.69, 9.17) is 0 Å². The molecule has 9 heteroatoms. The molecule has 0 saturated carbocycles. The van der Waals surface area contributed by atoms with E-state index in [0.29, 0.717) is 25.5 Å². The second kappa shape index (κ2) is 9.13. The summed E-state index contributed by atoms with van der Waals surface area (Å²) in [7, 11) is 0. The van der Waals surface area contributed by atoms with Crippen molar-refractivity contribution in [2.45, 2.75) is 25.6 Å². The van der Waals surface area contributed by atoms with Crippen LogP contribution in [-0.2, 0) is 11.0 Å². The molecule has 0 aliphatic carbocycles. The zero-order valence-electron chi connectivity index (χ0n) is 15.9. The number of nitrogens with zero attached hydrogens (tertiary/aromatic N) is 3. The lowest BCUT2D eigenvalue weighted by Gasteiger charge is -2.27. The number of carbonyl (C=O) groups excluding carboxylic acids is 1. The molecule has 156 valence electrons. The Bertz CT molecular complexity index is 844. The van der Waals surface area contributed by atoms with Gasteiger partial charge in [-0.25, -0.2) is 4.98 Å². The molecule has 5 nitrogen and oxygen atoms in total. The van der Waals surface area contributed by atoms with Crippen molar-refractivity contribution in [1.82, 2.24) is 9.88 Å². The van der Waals surface area contributed by atoms with Crippen LogP contribution in [0, 0.1) is 0 Å². The van der Waals surface area contributed by atoms with E-state index >= 15 is 0 Å². The summed E-state index contributed by atoms with van der Waals surface area (Å²) in [6.45, 7) is 4.47. The van der Waals surface area contributed by atoms with Crippen LogP contribution in [0.2, 0.25) is 0 Å². The van der Waals surface area contributed by atoms with Crippen molar-refractivity contribution in [1.29, 1.82) is 0 Å². The molecule has 1 N–H and O–H groups in total. The van der Waals surface area contributed by atoms with Crippen LogP contribution in [0.1, 0.15) is 18.9 Å². The Hall–Kier alpha value is -2.13. The number of benzene rings is 1. The Morgan fingerprint density at radius 3 is 2.62 bits per heavy atom. The third kappa shape index (κ3) is 5.70. The normalized spacial score (nSPS) is 16.9. The van der Waals surface area contributed by atoms with Crippen molar-refractivity contribution < 1.29 is 18.0 Å². The monoisotopic (exact) mass is 470 g/mol. The molecule has 1 aromatic carbocycles. The molecule has 1 atom stereocenters. The van der Waals surface area contributed by atoms with E-state index in [-0.39, 0.29) is 11.9 Å². The molecule has 1 aromatic heterocycles. The highest BCUT2D eigenvalue weighted by atomic mass is 79.9.